The molecular weight excluding hydrogens is 465 g/mol. The van der Waals surface area contributed by atoms with Crippen molar-refractivity contribution in [3.05, 3.63) is 58.4 Å². The molecule has 7 nitrogen and oxygen atoms in total. The van der Waals surface area contributed by atoms with Crippen molar-refractivity contribution in [1.29, 1.82) is 0 Å². The molecule has 2 atom stereocenters. The van der Waals surface area contributed by atoms with Crippen LogP contribution in [0.5, 0.6) is 0 Å². The molecule has 3 heterocycles. The zero-order chi connectivity index (χ0) is 25.3. The van der Waals surface area contributed by atoms with Crippen molar-refractivity contribution >= 4 is 23.3 Å². The average Bonchev–Trinajstić information content (AvgIpc) is 3.39. The van der Waals surface area contributed by atoms with E-state index in [4.69, 9.17) is 0 Å². The number of likely N-dealkylation sites (tertiary alicyclic amines) is 1. The Morgan fingerprint density at radius 3 is 2.31 bits per heavy atom. The van der Waals surface area contributed by atoms with Gasteiger partial charge in [0.15, 0.2) is 22.5 Å². The minimum absolute atomic E-state index is 0.0274. The number of nitrogens with one attached hydrogen (secondary N) is 1. The predicted molar refractivity (Wildman–Crippen MR) is 135 cm³/mol. The van der Waals surface area contributed by atoms with Crippen LogP contribution in [0.4, 0.5) is 4.39 Å². The molecule has 0 radical (unpaired) electrons. The number of aromatic nitrogens is 4. The van der Waals surface area contributed by atoms with E-state index in [1.165, 1.54) is 37.2 Å². The number of piperidine rings is 1. The van der Waals surface area contributed by atoms with Crippen molar-refractivity contribution in [3.63, 3.8) is 0 Å². The molecule has 1 N–H and O–H groups in total. The number of thioether (sulfide) groups is 1. The number of nitrogens with zero attached hydrogens (tertiary/aromatic N) is 4. The normalized spacial score (nSPS) is 16.3. The zero-order valence-corrected chi connectivity index (χ0v) is 21.7. The van der Waals surface area contributed by atoms with Crippen LogP contribution in [0.3, 0.4) is 0 Å². The van der Waals surface area contributed by atoms with Crippen molar-refractivity contribution in [1.82, 2.24) is 24.6 Å². The fourth-order valence-electron chi connectivity index (χ4n) is 4.87. The topological polar surface area (TPSA) is 83.9 Å². The maximum Gasteiger partial charge on any atom is 0.196 e. The lowest BCUT2D eigenvalue weighted by molar-refractivity contribution is 0.0988. The van der Waals surface area contributed by atoms with E-state index >= 15 is 0 Å². The van der Waals surface area contributed by atoms with Gasteiger partial charge >= 0.3 is 0 Å². The number of rotatable bonds is 8. The molecule has 9 heteroatoms. The quantitative estimate of drug-likeness (QED) is 0.328. The maximum atomic E-state index is 13.7. The summed E-state index contributed by atoms with van der Waals surface area (Å²) in [6.45, 7) is 11.0. The summed E-state index contributed by atoms with van der Waals surface area (Å²) >= 11 is 1.31. The van der Waals surface area contributed by atoms with Gasteiger partial charge in [0.25, 0.3) is 0 Å². The van der Waals surface area contributed by atoms with E-state index in [-0.39, 0.29) is 23.4 Å². The molecule has 0 unspecified atom stereocenters. The van der Waals surface area contributed by atoms with E-state index in [9.17, 15) is 14.0 Å². The Morgan fingerprint density at radius 1 is 1.06 bits per heavy atom. The summed E-state index contributed by atoms with van der Waals surface area (Å²) in [6, 6.07) is 6.28. The van der Waals surface area contributed by atoms with Gasteiger partial charge in [0.1, 0.15) is 5.82 Å². The smallest absolute Gasteiger partial charge is 0.196 e. The molecule has 1 aromatic carbocycles. The number of carbonyl (C=O) groups is 2. The Balaban J connectivity index is 1.67. The molecule has 0 bridgehead atoms. The van der Waals surface area contributed by atoms with Crippen LogP contribution in [0.2, 0.25) is 0 Å². The molecule has 35 heavy (non-hydrogen) atoms. The fraction of sp³-hybridized carbons (Fsp3) is 0.462. The summed E-state index contributed by atoms with van der Waals surface area (Å²) in [7, 11) is 0. The molecule has 1 saturated heterocycles. The van der Waals surface area contributed by atoms with Crippen LogP contribution in [-0.2, 0) is 0 Å². The van der Waals surface area contributed by atoms with Crippen LogP contribution in [0.25, 0.3) is 5.69 Å². The standard InChI is InChI=1S/C26H32FN5O2S/c1-15-22(18(4)33)16(2)28-23(15)24(34)19(5)35-26-30-29-25(17(3)31-13-7-6-8-14-31)32(26)21-11-9-20(27)10-12-21/h9-12,17,19,28H,6-8,13-14H2,1-5H3/t17-,19+/m0/s1. The second-order valence-electron chi connectivity index (χ2n) is 9.23. The number of H-pyrrole nitrogens is 1. The largest absolute Gasteiger partial charge is 0.355 e. The van der Waals surface area contributed by atoms with Crippen LogP contribution < -0.4 is 0 Å². The summed E-state index contributed by atoms with van der Waals surface area (Å²) in [4.78, 5) is 30.9. The number of benzene rings is 1. The molecule has 0 aliphatic carbocycles. The van der Waals surface area contributed by atoms with Crippen molar-refractivity contribution in [2.75, 3.05) is 13.1 Å². The van der Waals surface area contributed by atoms with Crippen molar-refractivity contribution in [3.8, 4) is 5.69 Å². The van der Waals surface area contributed by atoms with Crippen LogP contribution >= 0.6 is 11.8 Å². The lowest BCUT2D eigenvalue weighted by atomic mass is 10.0. The van der Waals surface area contributed by atoms with Gasteiger partial charge in [0, 0.05) is 16.9 Å². The lowest BCUT2D eigenvalue weighted by Gasteiger charge is -2.32. The number of hydrogen-bond donors (Lipinski definition) is 1. The first-order chi connectivity index (χ1) is 16.7. The molecule has 0 amide bonds. The van der Waals surface area contributed by atoms with Gasteiger partial charge in [0.2, 0.25) is 0 Å². The number of halogens is 1. The van der Waals surface area contributed by atoms with Gasteiger partial charge in [-0.2, -0.15) is 0 Å². The highest BCUT2D eigenvalue weighted by molar-refractivity contribution is 8.00. The van der Waals surface area contributed by atoms with E-state index in [0.717, 1.165) is 37.4 Å². The minimum atomic E-state index is -0.479. The third-order valence-corrected chi connectivity index (χ3v) is 7.79. The van der Waals surface area contributed by atoms with E-state index in [0.29, 0.717) is 27.7 Å². The Labute approximate surface area is 209 Å². The van der Waals surface area contributed by atoms with E-state index in [1.807, 2.05) is 11.5 Å². The first kappa shape index (κ1) is 25.3. The van der Waals surface area contributed by atoms with Crippen LogP contribution in [0.15, 0.2) is 29.4 Å². The number of Topliss-reactive ketones (excluding diaryl/α,β-unsaturated/α-hetero) is 2. The van der Waals surface area contributed by atoms with Crippen molar-refractivity contribution in [2.45, 2.75) is 70.3 Å². The molecule has 3 aromatic rings. The average molecular weight is 498 g/mol. The van der Waals surface area contributed by atoms with Gasteiger partial charge < -0.3 is 4.98 Å². The number of ketones is 2. The molecular formula is C26H32FN5O2S. The molecule has 1 aliphatic rings. The summed E-state index contributed by atoms with van der Waals surface area (Å²) in [5.74, 6) is 0.279. The van der Waals surface area contributed by atoms with Gasteiger partial charge in [-0.3, -0.25) is 19.1 Å². The second-order valence-corrected chi connectivity index (χ2v) is 10.5. The minimum Gasteiger partial charge on any atom is -0.355 e. The first-order valence-electron chi connectivity index (χ1n) is 12.0. The third kappa shape index (κ3) is 5.11. The number of hydrogen-bond acceptors (Lipinski definition) is 6. The molecule has 2 aromatic heterocycles. The molecule has 1 aliphatic heterocycles. The molecule has 0 spiro atoms. The fourth-order valence-corrected chi connectivity index (χ4v) is 5.80. The Morgan fingerprint density at radius 2 is 1.71 bits per heavy atom. The summed E-state index contributed by atoms with van der Waals surface area (Å²) in [6.07, 6.45) is 3.54. The van der Waals surface area contributed by atoms with Gasteiger partial charge in [-0.05, 0) is 90.4 Å². The van der Waals surface area contributed by atoms with E-state index < -0.39 is 5.25 Å². The Kier molecular flexibility index (Phi) is 7.56. The predicted octanol–water partition coefficient (Wildman–Crippen LogP) is 5.46. The Hall–Kier alpha value is -2.78. The second kappa shape index (κ2) is 10.5. The molecule has 4 rings (SSSR count). The third-order valence-electron chi connectivity index (χ3n) is 6.74. The lowest BCUT2D eigenvalue weighted by Crippen LogP contribution is -2.33. The highest BCUT2D eigenvalue weighted by Gasteiger charge is 2.29. The first-order valence-corrected chi connectivity index (χ1v) is 12.9. The zero-order valence-electron chi connectivity index (χ0n) is 20.9. The van der Waals surface area contributed by atoms with Gasteiger partial charge in [-0.1, -0.05) is 18.2 Å². The van der Waals surface area contributed by atoms with E-state index in [1.54, 1.807) is 26.0 Å². The molecule has 1 fully saturated rings. The number of aromatic amines is 1. The highest BCUT2D eigenvalue weighted by Crippen LogP contribution is 2.32. The van der Waals surface area contributed by atoms with E-state index in [2.05, 4.69) is 27.0 Å². The van der Waals surface area contributed by atoms with Gasteiger partial charge in [-0.15, -0.1) is 10.2 Å². The van der Waals surface area contributed by atoms with Gasteiger partial charge in [-0.25, -0.2) is 4.39 Å². The monoisotopic (exact) mass is 497 g/mol. The van der Waals surface area contributed by atoms with Gasteiger partial charge in [0.05, 0.1) is 17.0 Å². The summed E-state index contributed by atoms with van der Waals surface area (Å²) in [5.41, 5.74) is 3.14. The van der Waals surface area contributed by atoms with Crippen molar-refractivity contribution in [2.24, 2.45) is 0 Å². The molecule has 0 saturated carbocycles. The SMILES string of the molecule is CC(=O)c1c(C)[nH]c(C(=O)[C@@H](C)Sc2nnc([C@H](C)N3CCCCC3)n2-c2ccc(F)cc2)c1C. The summed E-state index contributed by atoms with van der Waals surface area (Å²) < 4.78 is 15.6. The number of aryl methyl sites for hydroxylation is 1. The van der Waals surface area contributed by atoms with Crippen LogP contribution in [0.1, 0.15) is 84.0 Å². The highest BCUT2D eigenvalue weighted by atomic mass is 32.2. The maximum absolute atomic E-state index is 13.7. The van der Waals surface area contributed by atoms with Crippen molar-refractivity contribution < 1.29 is 14.0 Å². The van der Waals surface area contributed by atoms with Crippen LogP contribution in [-0.4, -0.2) is 54.6 Å². The van der Waals surface area contributed by atoms with Crippen LogP contribution in [0, 0.1) is 19.7 Å². The Bertz CT molecular complexity index is 1230. The summed E-state index contributed by atoms with van der Waals surface area (Å²) in [5, 5.41) is 9.08. The number of carbonyl (C=O) groups excluding carboxylic acids is 2. The molecule has 186 valence electrons.